The van der Waals surface area contributed by atoms with Crippen LogP contribution in [0, 0.1) is 0 Å². The molecule has 2 heterocycles. The number of sulfone groups is 1. The quantitative estimate of drug-likeness (QED) is 0.420. The number of rotatable bonds is 5. The Kier molecular flexibility index (Phi) is 8.11. The number of carbonyl (C=O) groups excluding carboxylic acids is 1. The van der Waals surface area contributed by atoms with Crippen LogP contribution in [0.2, 0.25) is 5.02 Å². The topological polar surface area (TPSA) is 79.8 Å². The molecule has 0 radical (unpaired) electrons. The van der Waals surface area contributed by atoms with Gasteiger partial charge in [-0.05, 0) is 43.3 Å². The number of benzene rings is 2. The SMILES string of the molecule is C.C[C@H](Oc1ccc(S(C)(=O)=O)cc1C(=O)N1CCN(c2nc3ccc(Cl)cc3s2)CC1)C(F)(F)F. The Balaban J connectivity index is 0.00000361. The maximum Gasteiger partial charge on any atom is 0.425 e. The van der Waals surface area contributed by atoms with Gasteiger partial charge in [0.25, 0.3) is 5.91 Å². The number of hydrogen-bond donors (Lipinski definition) is 0. The molecule has 1 amide bonds. The van der Waals surface area contributed by atoms with E-state index in [0.29, 0.717) is 18.1 Å². The highest BCUT2D eigenvalue weighted by Crippen LogP contribution is 2.33. The van der Waals surface area contributed by atoms with Crippen molar-refractivity contribution in [2.45, 2.75) is 31.5 Å². The lowest BCUT2D eigenvalue weighted by atomic mass is 10.1. The van der Waals surface area contributed by atoms with Crippen LogP contribution in [0.1, 0.15) is 24.7 Å². The van der Waals surface area contributed by atoms with E-state index in [1.165, 1.54) is 16.2 Å². The summed E-state index contributed by atoms with van der Waals surface area (Å²) in [5, 5.41) is 1.38. The van der Waals surface area contributed by atoms with Gasteiger partial charge in [0.15, 0.2) is 21.1 Å². The van der Waals surface area contributed by atoms with Crippen LogP contribution in [-0.2, 0) is 9.84 Å². The van der Waals surface area contributed by atoms with Crippen LogP contribution in [0.15, 0.2) is 41.3 Å². The fraction of sp³-hybridized carbons (Fsp3) is 0.391. The van der Waals surface area contributed by atoms with Crippen molar-refractivity contribution in [2.24, 2.45) is 0 Å². The molecule has 1 aliphatic heterocycles. The first kappa shape index (κ1) is 28.0. The molecule has 1 atom stereocenters. The van der Waals surface area contributed by atoms with Crippen molar-refractivity contribution in [1.82, 2.24) is 9.88 Å². The summed E-state index contributed by atoms with van der Waals surface area (Å²) in [5.41, 5.74) is 0.582. The number of nitrogens with zero attached hydrogens (tertiary/aromatic N) is 3. The molecule has 1 aromatic heterocycles. The Hall–Kier alpha value is -2.57. The summed E-state index contributed by atoms with van der Waals surface area (Å²) in [6.07, 6.45) is -5.87. The van der Waals surface area contributed by atoms with E-state index in [1.807, 2.05) is 17.0 Å². The lowest BCUT2D eigenvalue weighted by Gasteiger charge is -2.35. The minimum Gasteiger partial charge on any atom is -0.480 e. The maximum atomic E-state index is 13.3. The van der Waals surface area contributed by atoms with Crippen molar-refractivity contribution in [2.75, 3.05) is 37.3 Å². The summed E-state index contributed by atoms with van der Waals surface area (Å²) >= 11 is 7.52. The zero-order valence-corrected chi connectivity index (χ0v) is 21.1. The van der Waals surface area contributed by atoms with E-state index in [-0.39, 0.29) is 36.7 Å². The third-order valence-electron chi connectivity index (χ3n) is 5.55. The molecule has 2 aromatic carbocycles. The van der Waals surface area contributed by atoms with Crippen molar-refractivity contribution >= 4 is 54.0 Å². The molecule has 4 rings (SSSR count). The number of halogens is 4. The first-order valence-electron chi connectivity index (χ1n) is 10.5. The average molecular weight is 564 g/mol. The standard InChI is InChI=1S/C22H21ClF3N3O4S2.CH4/c1-13(22(24,25)26)33-18-6-4-15(35(2,31)32)12-16(18)20(30)28-7-9-29(10-8-28)21-27-17-5-3-14(23)11-19(17)34-21;/h3-6,11-13H,7-10H2,1-2H3;1H4/t13-;/m0./s1. The molecule has 1 fully saturated rings. The molecule has 0 spiro atoms. The highest BCUT2D eigenvalue weighted by Gasteiger charge is 2.39. The van der Waals surface area contributed by atoms with Gasteiger partial charge in [-0.3, -0.25) is 4.79 Å². The zero-order valence-electron chi connectivity index (χ0n) is 18.7. The van der Waals surface area contributed by atoms with Gasteiger partial charge in [-0.25, -0.2) is 13.4 Å². The number of aromatic nitrogens is 1. The minimum atomic E-state index is -4.65. The maximum absolute atomic E-state index is 13.3. The highest BCUT2D eigenvalue weighted by atomic mass is 35.5. The molecular weight excluding hydrogens is 539 g/mol. The predicted octanol–water partition coefficient (Wildman–Crippen LogP) is 5.28. The van der Waals surface area contributed by atoms with Gasteiger partial charge in [-0.15, -0.1) is 0 Å². The van der Waals surface area contributed by atoms with Gasteiger partial charge in [-0.2, -0.15) is 13.2 Å². The molecule has 13 heteroatoms. The number of fused-ring (bicyclic) bond motifs is 1. The Labute approximate surface area is 216 Å². The lowest BCUT2D eigenvalue weighted by Crippen LogP contribution is -2.49. The van der Waals surface area contributed by atoms with E-state index in [9.17, 15) is 26.4 Å². The summed E-state index contributed by atoms with van der Waals surface area (Å²) in [6.45, 7) is 2.25. The molecule has 1 aliphatic rings. The number of alkyl halides is 3. The van der Waals surface area contributed by atoms with E-state index < -0.39 is 28.0 Å². The molecule has 0 unspecified atom stereocenters. The Morgan fingerprint density at radius 3 is 2.42 bits per heavy atom. The Morgan fingerprint density at radius 2 is 1.81 bits per heavy atom. The average Bonchev–Trinajstić information content (AvgIpc) is 3.21. The highest BCUT2D eigenvalue weighted by molar-refractivity contribution is 7.90. The summed E-state index contributed by atoms with van der Waals surface area (Å²) in [5.74, 6) is -0.923. The molecule has 36 heavy (non-hydrogen) atoms. The largest absolute Gasteiger partial charge is 0.480 e. The van der Waals surface area contributed by atoms with Crippen LogP contribution in [0.3, 0.4) is 0 Å². The number of anilines is 1. The molecule has 1 saturated heterocycles. The van der Waals surface area contributed by atoms with Gasteiger partial charge in [0.05, 0.1) is 20.7 Å². The molecule has 3 aromatic rings. The van der Waals surface area contributed by atoms with E-state index in [1.54, 1.807) is 6.07 Å². The van der Waals surface area contributed by atoms with E-state index >= 15 is 0 Å². The van der Waals surface area contributed by atoms with E-state index in [2.05, 4.69) is 4.98 Å². The zero-order chi connectivity index (χ0) is 25.5. The van der Waals surface area contributed by atoms with Gasteiger partial charge < -0.3 is 14.5 Å². The number of thiazole rings is 1. The smallest absolute Gasteiger partial charge is 0.425 e. The van der Waals surface area contributed by atoms with Crippen LogP contribution < -0.4 is 9.64 Å². The number of carbonyl (C=O) groups is 1. The molecule has 0 bridgehead atoms. The summed E-state index contributed by atoms with van der Waals surface area (Å²) < 4.78 is 69.2. The molecule has 196 valence electrons. The van der Waals surface area contributed by atoms with E-state index in [0.717, 1.165) is 46.7 Å². The first-order chi connectivity index (χ1) is 16.3. The summed E-state index contributed by atoms with van der Waals surface area (Å²) in [7, 11) is -3.70. The van der Waals surface area contributed by atoms with Crippen LogP contribution in [0.25, 0.3) is 10.2 Å². The predicted molar refractivity (Wildman–Crippen MR) is 135 cm³/mol. The van der Waals surface area contributed by atoms with Crippen molar-refractivity contribution < 1.29 is 31.1 Å². The lowest BCUT2D eigenvalue weighted by molar-refractivity contribution is -0.189. The molecule has 0 aliphatic carbocycles. The Bertz CT molecular complexity index is 1370. The van der Waals surface area contributed by atoms with Crippen molar-refractivity contribution in [1.29, 1.82) is 0 Å². The van der Waals surface area contributed by atoms with Crippen molar-refractivity contribution in [3.05, 3.63) is 47.0 Å². The second-order valence-electron chi connectivity index (χ2n) is 8.12. The molecule has 0 saturated carbocycles. The fourth-order valence-electron chi connectivity index (χ4n) is 3.56. The number of amides is 1. The van der Waals surface area contributed by atoms with Crippen LogP contribution in [-0.4, -0.2) is 68.9 Å². The number of piperazine rings is 1. The second kappa shape index (κ2) is 10.4. The molecule has 0 N–H and O–H groups in total. The number of hydrogen-bond acceptors (Lipinski definition) is 7. The van der Waals surface area contributed by atoms with Crippen LogP contribution in [0.4, 0.5) is 18.3 Å². The van der Waals surface area contributed by atoms with Gasteiger partial charge in [0.1, 0.15) is 5.75 Å². The van der Waals surface area contributed by atoms with Gasteiger partial charge in [0.2, 0.25) is 0 Å². The monoisotopic (exact) mass is 563 g/mol. The third-order valence-corrected chi connectivity index (χ3v) is 7.98. The minimum absolute atomic E-state index is 0. The summed E-state index contributed by atoms with van der Waals surface area (Å²) in [6, 6.07) is 8.70. The van der Waals surface area contributed by atoms with Crippen molar-refractivity contribution in [3.63, 3.8) is 0 Å². The molecular formula is C23H25ClF3N3O4S2. The molecule has 7 nitrogen and oxygen atoms in total. The van der Waals surface area contributed by atoms with Gasteiger partial charge in [0, 0.05) is 37.5 Å². The van der Waals surface area contributed by atoms with Crippen molar-refractivity contribution in [3.8, 4) is 5.75 Å². The Morgan fingerprint density at radius 1 is 1.14 bits per heavy atom. The van der Waals surface area contributed by atoms with Gasteiger partial charge >= 0.3 is 6.18 Å². The van der Waals surface area contributed by atoms with Crippen LogP contribution in [0.5, 0.6) is 5.75 Å². The first-order valence-corrected chi connectivity index (χ1v) is 13.6. The normalized spacial score (nSPS) is 15.5. The number of ether oxygens (including phenoxy) is 1. The fourth-order valence-corrected chi connectivity index (χ4v) is 5.50. The second-order valence-corrected chi connectivity index (χ2v) is 11.6. The van der Waals surface area contributed by atoms with Crippen LogP contribution >= 0.6 is 22.9 Å². The van der Waals surface area contributed by atoms with Gasteiger partial charge in [-0.1, -0.05) is 30.4 Å². The summed E-state index contributed by atoms with van der Waals surface area (Å²) in [4.78, 5) is 21.2. The van der Waals surface area contributed by atoms with E-state index in [4.69, 9.17) is 16.3 Å². The third kappa shape index (κ3) is 6.04.